The maximum atomic E-state index is 13.5. The average molecular weight is 415 g/mol. The summed E-state index contributed by atoms with van der Waals surface area (Å²) < 4.78 is 15.6. The second-order valence-electron chi connectivity index (χ2n) is 6.51. The molecular weight excluding hydrogens is 395 g/mol. The molecule has 144 valence electrons. The molecule has 2 aliphatic rings. The molecule has 0 aromatic carbocycles. The van der Waals surface area contributed by atoms with Gasteiger partial charge in [0, 0.05) is 31.7 Å². The molecule has 0 radical (unpaired) electrons. The summed E-state index contributed by atoms with van der Waals surface area (Å²) in [6.45, 7) is 1.56. The van der Waals surface area contributed by atoms with E-state index in [-0.39, 0.29) is 10.9 Å². The lowest BCUT2D eigenvalue weighted by Crippen LogP contribution is -2.01. The van der Waals surface area contributed by atoms with Crippen LogP contribution in [0.2, 0.25) is 0 Å². The van der Waals surface area contributed by atoms with Gasteiger partial charge >= 0.3 is 0 Å². The number of thioether (sulfide) groups is 2. The third-order valence-corrected chi connectivity index (χ3v) is 5.94. The molecule has 0 saturated heterocycles. The molecule has 2 aromatic rings. The van der Waals surface area contributed by atoms with Crippen molar-refractivity contribution < 1.29 is 9.18 Å². The molecule has 4 rings (SSSR count). The quantitative estimate of drug-likeness (QED) is 0.511. The molecule has 0 fully saturated rings. The molecule has 0 atom stereocenters. The lowest BCUT2D eigenvalue weighted by molar-refractivity contribution is -0.109. The summed E-state index contributed by atoms with van der Waals surface area (Å²) in [7, 11) is 0. The number of aromatic nitrogens is 4. The van der Waals surface area contributed by atoms with Gasteiger partial charge in [-0.1, -0.05) is 29.6 Å². The summed E-state index contributed by atoms with van der Waals surface area (Å²) in [5.41, 5.74) is 4.54. The molecule has 0 amide bonds. The first kappa shape index (κ1) is 19.1. The van der Waals surface area contributed by atoms with Crippen LogP contribution in [0.1, 0.15) is 37.7 Å². The second-order valence-corrected chi connectivity index (χ2v) is 8.33. The van der Waals surface area contributed by atoms with Gasteiger partial charge in [0.25, 0.3) is 0 Å². The SMILES string of the molecule is CSc1nccc(-c2c(C3=CC=C(F)CC3)nc3n2/C(=C/SC(C)=O)CC3)n1. The number of fused-ring (bicyclic) bond motifs is 1. The molecule has 0 bridgehead atoms. The van der Waals surface area contributed by atoms with Crippen LogP contribution in [0.4, 0.5) is 4.39 Å². The van der Waals surface area contributed by atoms with Crippen molar-refractivity contribution in [1.29, 1.82) is 0 Å². The molecular formula is C20H19FN4OS2. The van der Waals surface area contributed by atoms with Gasteiger partial charge < -0.3 is 0 Å². The Morgan fingerprint density at radius 1 is 1.21 bits per heavy atom. The summed E-state index contributed by atoms with van der Waals surface area (Å²) in [6, 6.07) is 1.88. The van der Waals surface area contributed by atoms with Crippen LogP contribution in [0.25, 0.3) is 22.7 Å². The Bertz CT molecular complexity index is 1040. The van der Waals surface area contributed by atoms with Gasteiger partial charge in [0.1, 0.15) is 11.7 Å². The number of carbonyl (C=O) groups excluding carboxylic acids is 1. The van der Waals surface area contributed by atoms with Crippen molar-refractivity contribution in [3.05, 3.63) is 47.2 Å². The van der Waals surface area contributed by atoms with E-state index in [2.05, 4.69) is 14.5 Å². The van der Waals surface area contributed by atoms with E-state index in [4.69, 9.17) is 4.98 Å². The lowest BCUT2D eigenvalue weighted by atomic mass is 9.99. The van der Waals surface area contributed by atoms with Crippen molar-refractivity contribution in [2.24, 2.45) is 0 Å². The van der Waals surface area contributed by atoms with Crippen molar-refractivity contribution >= 4 is 39.9 Å². The zero-order valence-electron chi connectivity index (χ0n) is 15.6. The van der Waals surface area contributed by atoms with E-state index in [0.29, 0.717) is 18.0 Å². The van der Waals surface area contributed by atoms with Crippen LogP contribution in [0, 0.1) is 0 Å². The highest BCUT2D eigenvalue weighted by Gasteiger charge is 2.28. The summed E-state index contributed by atoms with van der Waals surface area (Å²) in [5, 5.41) is 2.63. The second kappa shape index (κ2) is 8.05. The van der Waals surface area contributed by atoms with Gasteiger partial charge in [0.15, 0.2) is 10.3 Å². The largest absolute Gasteiger partial charge is 0.298 e. The number of halogens is 1. The maximum Gasteiger partial charge on any atom is 0.190 e. The Hall–Kier alpha value is -2.19. The number of nitrogens with zero attached hydrogens (tertiary/aromatic N) is 4. The van der Waals surface area contributed by atoms with E-state index in [9.17, 15) is 9.18 Å². The number of allylic oxidation sites excluding steroid dienone is 5. The number of hydrogen-bond acceptors (Lipinski definition) is 6. The van der Waals surface area contributed by atoms with Gasteiger partial charge in [0.2, 0.25) is 0 Å². The van der Waals surface area contributed by atoms with Gasteiger partial charge in [-0.2, -0.15) is 0 Å². The minimum absolute atomic E-state index is 0.0464. The molecule has 8 heteroatoms. The van der Waals surface area contributed by atoms with Crippen LogP contribution in [0.15, 0.2) is 40.8 Å². The predicted octanol–water partition coefficient (Wildman–Crippen LogP) is 5.12. The van der Waals surface area contributed by atoms with E-state index in [1.165, 1.54) is 29.6 Å². The summed E-state index contributed by atoms with van der Waals surface area (Å²) in [6.07, 6.45) is 9.62. The molecule has 1 aliphatic heterocycles. The van der Waals surface area contributed by atoms with E-state index < -0.39 is 0 Å². The molecule has 1 aliphatic carbocycles. The molecule has 0 N–H and O–H groups in total. The Balaban J connectivity index is 1.90. The fraction of sp³-hybridized carbons (Fsp3) is 0.300. The number of carbonyl (C=O) groups is 1. The van der Waals surface area contributed by atoms with E-state index in [1.807, 2.05) is 23.8 Å². The topological polar surface area (TPSA) is 60.7 Å². The third kappa shape index (κ3) is 3.71. The van der Waals surface area contributed by atoms with Crippen LogP contribution in [-0.2, 0) is 11.2 Å². The van der Waals surface area contributed by atoms with Gasteiger partial charge in [-0.05, 0) is 42.2 Å². The maximum absolute atomic E-state index is 13.5. The standard InChI is InChI=1S/C20H19FN4OS2/c1-12(26)28-11-15-7-8-17-24-18(13-3-5-14(21)6-4-13)19(25(15)17)16-9-10-22-20(23-16)27-2/h3,5,9-11H,4,6-8H2,1-2H3/b15-11+. The zero-order valence-corrected chi connectivity index (χ0v) is 17.2. The summed E-state index contributed by atoms with van der Waals surface area (Å²) in [4.78, 5) is 25.3. The molecule has 0 spiro atoms. The highest BCUT2D eigenvalue weighted by atomic mass is 32.2. The van der Waals surface area contributed by atoms with E-state index >= 15 is 0 Å². The monoisotopic (exact) mass is 414 g/mol. The zero-order chi connectivity index (χ0) is 19.7. The Labute approximate surface area is 171 Å². The number of hydrogen-bond donors (Lipinski definition) is 0. The molecule has 5 nitrogen and oxygen atoms in total. The van der Waals surface area contributed by atoms with Gasteiger partial charge in [-0.3, -0.25) is 9.36 Å². The molecule has 2 aromatic heterocycles. The van der Waals surface area contributed by atoms with Crippen molar-refractivity contribution in [2.75, 3.05) is 6.26 Å². The van der Waals surface area contributed by atoms with Crippen LogP contribution in [0.3, 0.4) is 0 Å². The molecule has 0 saturated carbocycles. The summed E-state index contributed by atoms with van der Waals surface area (Å²) >= 11 is 2.67. The Morgan fingerprint density at radius 2 is 2.07 bits per heavy atom. The van der Waals surface area contributed by atoms with Crippen molar-refractivity contribution in [3.63, 3.8) is 0 Å². The predicted molar refractivity (Wildman–Crippen MR) is 112 cm³/mol. The van der Waals surface area contributed by atoms with Gasteiger partial charge in [-0.15, -0.1) is 0 Å². The van der Waals surface area contributed by atoms with Gasteiger partial charge in [-0.25, -0.2) is 19.3 Å². The van der Waals surface area contributed by atoms with Crippen LogP contribution in [-0.4, -0.2) is 30.9 Å². The van der Waals surface area contributed by atoms with Crippen molar-refractivity contribution in [2.45, 2.75) is 37.8 Å². The summed E-state index contributed by atoms with van der Waals surface area (Å²) in [5.74, 6) is 0.836. The Morgan fingerprint density at radius 3 is 2.79 bits per heavy atom. The smallest absolute Gasteiger partial charge is 0.190 e. The van der Waals surface area contributed by atoms with Crippen LogP contribution < -0.4 is 0 Å². The first-order chi connectivity index (χ1) is 13.6. The first-order valence-electron chi connectivity index (χ1n) is 8.98. The molecule has 3 heterocycles. The van der Waals surface area contributed by atoms with Crippen molar-refractivity contribution in [3.8, 4) is 11.4 Å². The fourth-order valence-corrected chi connectivity index (χ4v) is 4.28. The third-order valence-electron chi connectivity index (χ3n) is 4.66. The Kier molecular flexibility index (Phi) is 5.50. The highest BCUT2D eigenvalue weighted by Crippen LogP contribution is 2.40. The molecule has 0 unspecified atom stereocenters. The van der Waals surface area contributed by atoms with Crippen LogP contribution >= 0.6 is 23.5 Å². The lowest BCUT2D eigenvalue weighted by Gasteiger charge is -2.13. The van der Waals surface area contributed by atoms with E-state index in [0.717, 1.165) is 47.0 Å². The average Bonchev–Trinajstić information content (AvgIpc) is 3.26. The highest BCUT2D eigenvalue weighted by molar-refractivity contribution is 8.16. The van der Waals surface area contributed by atoms with Gasteiger partial charge in [0.05, 0.1) is 17.1 Å². The molecule has 28 heavy (non-hydrogen) atoms. The van der Waals surface area contributed by atoms with Crippen LogP contribution in [0.5, 0.6) is 0 Å². The fourth-order valence-electron chi connectivity index (χ4n) is 3.40. The normalized spacial score (nSPS) is 17.5. The number of imidazole rings is 1. The first-order valence-corrected chi connectivity index (χ1v) is 11.1. The minimum Gasteiger partial charge on any atom is -0.298 e. The van der Waals surface area contributed by atoms with E-state index in [1.54, 1.807) is 13.1 Å². The van der Waals surface area contributed by atoms with Crippen molar-refractivity contribution in [1.82, 2.24) is 19.5 Å². The minimum atomic E-state index is -0.109. The number of aryl methyl sites for hydroxylation is 1. The number of rotatable bonds is 4.